The highest BCUT2D eigenvalue weighted by Gasteiger charge is 2.41. The molecule has 0 aromatic carbocycles. The van der Waals surface area contributed by atoms with E-state index in [1.54, 1.807) is 11.3 Å². The van der Waals surface area contributed by atoms with Gasteiger partial charge < -0.3 is 15.4 Å². The Balaban J connectivity index is 1.37. The first kappa shape index (κ1) is 17.3. The van der Waals surface area contributed by atoms with E-state index in [1.807, 2.05) is 6.07 Å². The van der Waals surface area contributed by atoms with Gasteiger partial charge in [-0.1, -0.05) is 6.07 Å². The molecule has 0 aliphatic carbocycles. The zero-order valence-electron chi connectivity index (χ0n) is 14.2. The van der Waals surface area contributed by atoms with Gasteiger partial charge in [-0.25, -0.2) is 13.4 Å². The summed E-state index contributed by atoms with van der Waals surface area (Å²) in [6, 6.07) is 4.42. The summed E-state index contributed by atoms with van der Waals surface area (Å²) in [5.74, 6) is 1.55. The van der Waals surface area contributed by atoms with Crippen molar-refractivity contribution in [3.05, 3.63) is 22.4 Å². The molecule has 8 heteroatoms. The van der Waals surface area contributed by atoms with E-state index in [4.69, 9.17) is 9.73 Å². The Morgan fingerprint density at radius 2 is 2.28 bits per heavy atom. The number of sulfone groups is 1. The number of nitrogens with one attached hydrogen (secondary N) is 2. The van der Waals surface area contributed by atoms with Gasteiger partial charge >= 0.3 is 0 Å². The van der Waals surface area contributed by atoms with Crippen LogP contribution >= 0.6 is 11.3 Å². The molecule has 3 aliphatic heterocycles. The number of ether oxygens (including phenoxy) is 1. The summed E-state index contributed by atoms with van der Waals surface area (Å²) in [7, 11) is -2.84. The van der Waals surface area contributed by atoms with Crippen LogP contribution in [0.5, 0.6) is 0 Å². The summed E-state index contributed by atoms with van der Waals surface area (Å²) >= 11 is 1.70. The van der Waals surface area contributed by atoms with Crippen LogP contribution in [0.15, 0.2) is 22.5 Å². The molecule has 2 bridgehead atoms. The molecule has 0 amide bonds. The molecule has 3 fully saturated rings. The highest BCUT2D eigenvalue weighted by atomic mass is 32.2. The highest BCUT2D eigenvalue weighted by Crippen LogP contribution is 2.34. The molecule has 0 spiro atoms. The van der Waals surface area contributed by atoms with Gasteiger partial charge in [0.2, 0.25) is 0 Å². The normalized spacial score (nSPS) is 33.7. The minimum Gasteiger partial charge on any atom is -0.373 e. The third-order valence-corrected chi connectivity index (χ3v) is 7.98. The maximum Gasteiger partial charge on any atom is 0.191 e. The van der Waals surface area contributed by atoms with Gasteiger partial charge in [0.25, 0.3) is 0 Å². The minimum atomic E-state index is -2.84. The largest absolute Gasteiger partial charge is 0.373 e. The van der Waals surface area contributed by atoms with Gasteiger partial charge in [-0.05, 0) is 43.0 Å². The van der Waals surface area contributed by atoms with Crippen LogP contribution in [0.25, 0.3) is 0 Å². The molecule has 1 aromatic heterocycles. The van der Waals surface area contributed by atoms with E-state index >= 15 is 0 Å². The Morgan fingerprint density at radius 1 is 1.36 bits per heavy atom. The lowest BCUT2D eigenvalue weighted by Gasteiger charge is -2.23. The van der Waals surface area contributed by atoms with Crippen molar-refractivity contribution in [2.75, 3.05) is 18.1 Å². The molecule has 0 saturated carbocycles. The molecule has 6 nitrogen and oxygen atoms in total. The molecule has 3 saturated heterocycles. The predicted molar refractivity (Wildman–Crippen MR) is 99.7 cm³/mol. The molecule has 4 rings (SSSR count). The van der Waals surface area contributed by atoms with Gasteiger partial charge in [0.15, 0.2) is 15.8 Å². The second-order valence-corrected chi connectivity index (χ2v) is 10.5. The Bertz CT molecular complexity index is 718. The number of fused-ring (bicyclic) bond motifs is 2. The van der Waals surface area contributed by atoms with Crippen molar-refractivity contribution in [2.24, 2.45) is 10.9 Å². The van der Waals surface area contributed by atoms with Crippen LogP contribution in [0.1, 0.15) is 30.6 Å². The summed E-state index contributed by atoms with van der Waals surface area (Å²) in [5, 5.41) is 8.95. The Morgan fingerprint density at radius 3 is 2.92 bits per heavy atom. The Labute approximate surface area is 153 Å². The lowest BCUT2D eigenvalue weighted by Crippen LogP contribution is -2.48. The maximum absolute atomic E-state index is 11.6. The molecule has 2 N–H and O–H groups in total. The average molecular weight is 384 g/mol. The number of rotatable bonds is 5. The summed E-state index contributed by atoms with van der Waals surface area (Å²) in [4.78, 5) is 5.93. The quantitative estimate of drug-likeness (QED) is 0.596. The van der Waals surface area contributed by atoms with Gasteiger partial charge in [0, 0.05) is 11.4 Å². The molecule has 3 aliphatic rings. The molecule has 138 valence electrons. The zero-order valence-corrected chi connectivity index (χ0v) is 15.8. The Hall–Kier alpha value is -1.12. The SMILES string of the molecule is O=S1(=O)CCC(CNC(=NCc2cccs2)NC2CC3CCC2O3)C1. The molecular formula is C17H25N3O3S2. The van der Waals surface area contributed by atoms with Gasteiger partial charge in [-0.3, -0.25) is 0 Å². The van der Waals surface area contributed by atoms with Crippen LogP contribution in [0.3, 0.4) is 0 Å². The third-order valence-electron chi connectivity index (χ3n) is 5.29. The number of nitrogens with zero attached hydrogens (tertiary/aromatic N) is 1. The molecule has 4 heterocycles. The number of hydrogen-bond donors (Lipinski definition) is 2. The summed E-state index contributed by atoms with van der Waals surface area (Å²) < 4.78 is 29.2. The van der Waals surface area contributed by atoms with Crippen molar-refractivity contribution in [2.45, 2.75) is 50.5 Å². The average Bonchev–Trinajstić information content (AvgIpc) is 3.35. The van der Waals surface area contributed by atoms with E-state index in [1.165, 1.54) is 4.88 Å². The molecule has 25 heavy (non-hydrogen) atoms. The number of thiophene rings is 1. The topological polar surface area (TPSA) is 79.8 Å². The van der Waals surface area contributed by atoms with Gasteiger partial charge in [-0.15, -0.1) is 11.3 Å². The van der Waals surface area contributed by atoms with Gasteiger partial charge in [0.1, 0.15) is 0 Å². The second-order valence-electron chi connectivity index (χ2n) is 7.25. The molecule has 4 atom stereocenters. The number of guanidine groups is 1. The lowest BCUT2D eigenvalue weighted by molar-refractivity contribution is 0.0992. The van der Waals surface area contributed by atoms with E-state index < -0.39 is 9.84 Å². The van der Waals surface area contributed by atoms with Crippen LogP contribution in [0, 0.1) is 5.92 Å². The fraction of sp³-hybridized carbons (Fsp3) is 0.706. The fourth-order valence-corrected chi connectivity index (χ4v) is 6.44. The van der Waals surface area contributed by atoms with Crippen LogP contribution in [-0.2, 0) is 21.1 Å². The Kier molecular flexibility index (Phi) is 5.01. The van der Waals surface area contributed by atoms with Crippen molar-refractivity contribution in [3.63, 3.8) is 0 Å². The van der Waals surface area contributed by atoms with E-state index in [-0.39, 0.29) is 17.8 Å². The predicted octanol–water partition coefficient (Wildman–Crippen LogP) is 1.54. The standard InChI is InChI=1S/C17H25N3O3S2/c21-25(22)7-5-12(11-25)9-18-17(19-10-14-2-1-6-24-14)20-15-8-13-3-4-16(15)23-13/h1-2,6,12-13,15-16H,3-5,7-11H2,(H2,18,19,20). The lowest BCUT2D eigenvalue weighted by atomic mass is 9.96. The maximum atomic E-state index is 11.6. The first-order valence-corrected chi connectivity index (χ1v) is 11.7. The fourth-order valence-electron chi connectivity index (χ4n) is 3.95. The van der Waals surface area contributed by atoms with E-state index in [0.717, 1.165) is 31.6 Å². The van der Waals surface area contributed by atoms with Crippen molar-refractivity contribution in [1.82, 2.24) is 10.6 Å². The van der Waals surface area contributed by atoms with Gasteiger partial charge in [-0.2, -0.15) is 0 Å². The van der Waals surface area contributed by atoms with Crippen molar-refractivity contribution >= 4 is 27.1 Å². The minimum absolute atomic E-state index is 0.176. The number of aliphatic imine (C=N–C) groups is 1. The molecule has 0 radical (unpaired) electrons. The first-order chi connectivity index (χ1) is 12.1. The van der Waals surface area contributed by atoms with E-state index in [9.17, 15) is 8.42 Å². The smallest absolute Gasteiger partial charge is 0.191 e. The van der Waals surface area contributed by atoms with Crippen molar-refractivity contribution < 1.29 is 13.2 Å². The highest BCUT2D eigenvalue weighted by molar-refractivity contribution is 7.91. The monoisotopic (exact) mass is 383 g/mol. The van der Waals surface area contributed by atoms with E-state index in [2.05, 4.69) is 22.1 Å². The summed E-state index contributed by atoms with van der Waals surface area (Å²) in [6.07, 6.45) is 4.72. The summed E-state index contributed by atoms with van der Waals surface area (Å²) in [5.41, 5.74) is 0. The van der Waals surface area contributed by atoms with Gasteiger partial charge in [0.05, 0.1) is 36.3 Å². The number of hydrogen-bond acceptors (Lipinski definition) is 5. The van der Waals surface area contributed by atoms with E-state index in [0.29, 0.717) is 31.0 Å². The molecular weight excluding hydrogens is 358 g/mol. The zero-order chi connectivity index (χ0) is 17.3. The molecule has 4 unspecified atom stereocenters. The third kappa shape index (κ3) is 4.35. The van der Waals surface area contributed by atoms with Crippen molar-refractivity contribution in [1.29, 1.82) is 0 Å². The van der Waals surface area contributed by atoms with Crippen LogP contribution in [-0.4, -0.2) is 50.7 Å². The van der Waals surface area contributed by atoms with Crippen LogP contribution in [0.4, 0.5) is 0 Å². The molecule has 1 aromatic rings. The van der Waals surface area contributed by atoms with Crippen molar-refractivity contribution in [3.8, 4) is 0 Å². The second kappa shape index (κ2) is 7.25. The van der Waals surface area contributed by atoms with Crippen LogP contribution < -0.4 is 10.6 Å². The first-order valence-electron chi connectivity index (χ1n) is 9.00. The summed E-state index contributed by atoms with van der Waals surface area (Å²) in [6.45, 7) is 1.29. The van der Waals surface area contributed by atoms with Crippen LogP contribution in [0.2, 0.25) is 0 Å².